The molecule has 0 radical (unpaired) electrons. The van der Waals surface area contributed by atoms with E-state index in [0.29, 0.717) is 0 Å². The molecule has 0 aromatic carbocycles. The Morgan fingerprint density at radius 2 is 2.17 bits per heavy atom. The molecule has 12 heavy (non-hydrogen) atoms. The predicted molar refractivity (Wildman–Crippen MR) is 59.9 cm³/mol. The lowest BCUT2D eigenvalue weighted by Gasteiger charge is -1.94. The van der Waals surface area contributed by atoms with Crippen LogP contribution in [0, 0.1) is 0 Å². The van der Waals surface area contributed by atoms with Crippen molar-refractivity contribution in [1.29, 1.82) is 0 Å². The minimum atomic E-state index is 0.228. The number of carbonyl (C=O) groups excluding carboxylic acids is 1. The van der Waals surface area contributed by atoms with Gasteiger partial charge in [-0.1, -0.05) is 39.8 Å². The second-order valence-electron chi connectivity index (χ2n) is 2.46. The lowest BCUT2D eigenvalue weighted by Crippen LogP contribution is -1.85. The molecule has 1 nitrogen and oxygen atoms in total. The fourth-order valence-corrected chi connectivity index (χ4v) is 1.66. The molecule has 0 amide bonds. The van der Waals surface area contributed by atoms with Gasteiger partial charge in [0.05, 0.1) is 0 Å². The molecule has 0 heterocycles. The zero-order chi connectivity index (χ0) is 9.23. The van der Waals surface area contributed by atoms with Crippen LogP contribution in [0.15, 0.2) is 12.2 Å². The molecule has 0 aliphatic carbocycles. The maximum absolute atomic E-state index is 10.5. The monoisotopic (exact) mass is 250 g/mol. The summed E-state index contributed by atoms with van der Waals surface area (Å²) in [6.07, 6.45) is 7.73. The molecular formula is C9H15BrOS. The van der Waals surface area contributed by atoms with Gasteiger partial charge in [-0.05, 0) is 19.3 Å². The van der Waals surface area contributed by atoms with Crippen molar-refractivity contribution < 1.29 is 4.79 Å². The van der Waals surface area contributed by atoms with Crippen LogP contribution in [-0.2, 0) is 4.79 Å². The first-order valence-electron chi connectivity index (χ1n) is 4.11. The highest BCUT2D eigenvalue weighted by Crippen LogP contribution is 2.07. The maximum Gasteiger partial charge on any atom is 0.185 e. The van der Waals surface area contributed by atoms with Crippen LogP contribution in [0.5, 0.6) is 0 Å². The average molecular weight is 251 g/mol. The summed E-state index contributed by atoms with van der Waals surface area (Å²) in [5, 5.41) is 1.17. The van der Waals surface area contributed by atoms with Gasteiger partial charge in [-0.2, -0.15) is 0 Å². The zero-order valence-corrected chi connectivity index (χ0v) is 9.79. The van der Waals surface area contributed by atoms with Crippen LogP contribution in [0.4, 0.5) is 0 Å². The molecular weight excluding hydrogens is 236 g/mol. The number of halogens is 1. The number of carbonyl (C=O) groups is 1. The predicted octanol–water partition coefficient (Wildman–Crippen LogP) is 3.39. The van der Waals surface area contributed by atoms with E-state index in [1.54, 1.807) is 6.92 Å². The van der Waals surface area contributed by atoms with Crippen molar-refractivity contribution >= 4 is 32.8 Å². The summed E-state index contributed by atoms with van der Waals surface area (Å²) in [7, 11) is 0. The SMILES string of the molecule is CC(=O)SCCCC/C=C/CBr. The van der Waals surface area contributed by atoms with E-state index >= 15 is 0 Å². The van der Waals surface area contributed by atoms with Gasteiger partial charge in [0.2, 0.25) is 0 Å². The number of unbranched alkanes of at least 4 members (excludes halogenated alkanes) is 2. The zero-order valence-electron chi connectivity index (χ0n) is 7.38. The summed E-state index contributed by atoms with van der Waals surface area (Å²) in [6, 6.07) is 0. The molecule has 0 saturated carbocycles. The highest BCUT2D eigenvalue weighted by molar-refractivity contribution is 9.09. The maximum atomic E-state index is 10.5. The van der Waals surface area contributed by atoms with Crippen LogP contribution in [0.3, 0.4) is 0 Å². The van der Waals surface area contributed by atoms with Crippen LogP contribution in [-0.4, -0.2) is 16.2 Å². The second-order valence-corrected chi connectivity index (χ2v) is 4.38. The molecule has 0 fully saturated rings. The molecule has 3 heteroatoms. The van der Waals surface area contributed by atoms with E-state index in [1.165, 1.54) is 18.2 Å². The molecule has 70 valence electrons. The Morgan fingerprint density at radius 3 is 2.75 bits per heavy atom. The molecule has 0 rings (SSSR count). The van der Waals surface area contributed by atoms with Gasteiger partial charge in [-0.3, -0.25) is 4.79 Å². The number of thioether (sulfide) groups is 1. The third-order valence-corrected chi connectivity index (χ3v) is 2.60. The van der Waals surface area contributed by atoms with Crippen molar-refractivity contribution in [3.8, 4) is 0 Å². The van der Waals surface area contributed by atoms with Gasteiger partial charge in [-0.15, -0.1) is 0 Å². The first-order chi connectivity index (χ1) is 5.77. The Hall–Kier alpha value is 0.240. The molecule has 0 aliphatic heterocycles. The first kappa shape index (κ1) is 12.2. The Morgan fingerprint density at radius 1 is 1.42 bits per heavy atom. The Labute approximate surface area is 87.1 Å². The summed E-state index contributed by atoms with van der Waals surface area (Å²) in [5.41, 5.74) is 0. The van der Waals surface area contributed by atoms with E-state index in [-0.39, 0.29) is 5.12 Å². The van der Waals surface area contributed by atoms with Gasteiger partial charge in [-0.25, -0.2) is 0 Å². The largest absolute Gasteiger partial charge is 0.288 e. The van der Waals surface area contributed by atoms with Gasteiger partial charge in [0.1, 0.15) is 0 Å². The lowest BCUT2D eigenvalue weighted by molar-refractivity contribution is -0.109. The molecule has 0 aliphatic rings. The van der Waals surface area contributed by atoms with Gasteiger partial charge in [0.15, 0.2) is 5.12 Å². The topological polar surface area (TPSA) is 17.1 Å². The van der Waals surface area contributed by atoms with Crippen molar-refractivity contribution in [3.05, 3.63) is 12.2 Å². The van der Waals surface area contributed by atoms with Crippen LogP contribution in [0.25, 0.3) is 0 Å². The van der Waals surface area contributed by atoms with Gasteiger partial charge in [0, 0.05) is 18.0 Å². The van der Waals surface area contributed by atoms with Crippen LogP contribution in [0.2, 0.25) is 0 Å². The molecule has 0 aromatic rings. The normalized spacial score (nSPS) is 10.8. The average Bonchev–Trinajstić information content (AvgIpc) is 2.02. The summed E-state index contributed by atoms with van der Waals surface area (Å²) in [4.78, 5) is 10.5. The third-order valence-electron chi connectivity index (χ3n) is 1.33. The number of hydrogen-bond acceptors (Lipinski definition) is 2. The number of allylic oxidation sites excluding steroid dienone is 2. The highest BCUT2D eigenvalue weighted by Gasteiger charge is 1.92. The standard InChI is InChI=1S/C9H15BrOS/c1-9(11)12-8-6-4-2-3-5-7-10/h3,5H,2,4,6-8H2,1H3/b5-3+. The van der Waals surface area contributed by atoms with Gasteiger partial charge >= 0.3 is 0 Å². The fourth-order valence-electron chi connectivity index (χ4n) is 0.761. The molecule has 0 atom stereocenters. The van der Waals surface area contributed by atoms with Crippen LogP contribution < -0.4 is 0 Å². The van der Waals surface area contributed by atoms with Crippen molar-refractivity contribution in [3.63, 3.8) is 0 Å². The molecule has 0 spiro atoms. The van der Waals surface area contributed by atoms with Crippen molar-refractivity contribution in [1.82, 2.24) is 0 Å². The highest BCUT2D eigenvalue weighted by atomic mass is 79.9. The molecule has 0 aromatic heterocycles. The molecule has 0 saturated heterocycles. The molecule has 0 N–H and O–H groups in total. The number of hydrogen-bond donors (Lipinski definition) is 0. The minimum Gasteiger partial charge on any atom is -0.288 e. The molecule has 0 bridgehead atoms. The van der Waals surface area contributed by atoms with E-state index in [2.05, 4.69) is 28.1 Å². The van der Waals surface area contributed by atoms with Crippen LogP contribution in [0.1, 0.15) is 26.2 Å². The van der Waals surface area contributed by atoms with Gasteiger partial charge in [0.25, 0.3) is 0 Å². The van der Waals surface area contributed by atoms with Crippen molar-refractivity contribution in [2.75, 3.05) is 11.1 Å². The Kier molecular flexibility index (Phi) is 9.52. The quantitative estimate of drug-likeness (QED) is 0.409. The van der Waals surface area contributed by atoms with Crippen LogP contribution >= 0.6 is 27.7 Å². The lowest BCUT2D eigenvalue weighted by atomic mass is 10.2. The fraction of sp³-hybridized carbons (Fsp3) is 0.667. The van der Waals surface area contributed by atoms with E-state index in [9.17, 15) is 4.79 Å². The summed E-state index contributed by atoms with van der Waals surface area (Å²) in [6.45, 7) is 1.62. The minimum absolute atomic E-state index is 0.228. The Balaban J connectivity index is 3.00. The second kappa shape index (κ2) is 9.33. The van der Waals surface area contributed by atoms with Crippen molar-refractivity contribution in [2.45, 2.75) is 26.2 Å². The third kappa shape index (κ3) is 10.2. The van der Waals surface area contributed by atoms with E-state index in [4.69, 9.17) is 0 Å². The van der Waals surface area contributed by atoms with E-state index < -0.39 is 0 Å². The van der Waals surface area contributed by atoms with E-state index in [1.807, 2.05) is 0 Å². The molecule has 0 unspecified atom stereocenters. The summed E-state index contributed by atoms with van der Waals surface area (Å²) >= 11 is 4.74. The first-order valence-corrected chi connectivity index (χ1v) is 6.22. The number of rotatable bonds is 6. The summed E-state index contributed by atoms with van der Waals surface area (Å²) < 4.78 is 0. The summed E-state index contributed by atoms with van der Waals surface area (Å²) in [5.74, 6) is 0.970. The number of alkyl halides is 1. The Bertz CT molecular complexity index is 145. The van der Waals surface area contributed by atoms with E-state index in [0.717, 1.165) is 23.9 Å². The van der Waals surface area contributed by atoms with Crippen molar-refractivity contribution in [2.24, 2.45) is 0 Å². The van der Waals surface area contributed by atoms with Gasteiger partial charge < -0.3 is 0 Å². The smallest absolute Gasteiger partial charge is 0.185 e.